The van der Waals surface area contributed by atoms with Crippen LogP contribution in [0.4, 0.5) is 0 Å². The van der Waals surface area contributed by atoms with E-state index in [9.17, 15) is 0 Å². The number of aromatic nitrogens is 5. The fourth-order valence-corrected chi connectivity index (χ4v) is 3.23. The van der Waals surface area contributed by atoms with Gasteiger partial charge in [-0.15, -0.1) is 0 Å². The normalized spacial score (nSPS) is 11.1. The summed E-state index contributed by atoms with van der Waals surface area (Å²) in [7, 11) is 1.65. The summed E-state index contributed by atoms with van der Waals surface area (Å²) in [6, 6.07) is 15.8. The second-order valence-electron chi connectivity index (χ2n) is 5.71. The third-order valence-corrected chi connectivity index (χ3v) is 4.49. The Morgan fingerprint density at radius 1 is 1.12 bits per heavy atom. The number of nitrogens with zero attached hydrogens (tertiary/aromatic N) is 4. The molecule has 4 rings (SSSR count). The number of fused-ring (bicyclic) bond motifs is 1. The Morgan fingerprint density at radius 2 is 1.88 bits per heavy atom. The maximum Gasteiger partial charge on any atom is 0.199 e. The van der Waals surface area contributed by atoms with Gasteiger partial charge in [-0.05, 0) is 55.5 Å². The van der Waals surface area contributed by atoms with E-state index in [0.29, 0.717) is 11.3 Å². The molecule has 1 N–H and O–H groups in total. The number of aromatic amines is 1. The van der Waals surface area contributed by atoms with Crippen LogP contribution in [0.1, 0.15) is 11.6 Å². The Kier molecular flexibility index (Phi) is 3.85. The molecule has 0 spiro atoms. The molecule has 2 heterocycles. The summed E-state index contributed by atoms with van der Waals surface area (Å²) in [6.07, 6.45) is 0. The van der Waals surface area contributed by atoms with Gasteiger partial charge in [0.25, 0.3) is 0 Å². The summed E-state index contributed by atoms with van der Waals surface area (Å²) in [4.78, 5) is 4.61. The lowest BCUT2D eigenvalue weighted by Crippen LogP contribution is -2.09. The molecule has 0 radical (unpaired) electrons. The monoisotopic (exact) mass is 351 g/mol. The molecule has 25 heavy (non-hydrogen) atoms. The lowest BCUT2D eigenvalue weighted by atomic mass is 10.3. The number of rotatable bonds is 4. The minimum Gasteiger partial charge on any atom is -0.497 e. The third kappa shape index (κ3) is 2.72. The molecule has 0 bridgehead atoms. The molecule has 0 saturated carbocycles. The van der Waals surface area contributed by atoms with Crippen molar-refractivity contribution >= 4 is 23.3 Å². The van der Waals surface area contributed by atoms with Crippen LogP contribution in [0.3, 0.4) is 0 Å². The molecule has 126 valence electrons. The summed E-state index contributed by atoms with van der Waals surface area (Å²) in [5, 5.41) is 7.32. The molecule has 0 aliphatic rings. The number of methoxy groups -OCH3 is 1. The maximum atomic E-state index is 5.43. The highest BCUT2D eigenvalue weighted by molar-refractivity contribution is 7.71. The van der Waals surface area contributed by atoms with E-state index in [2.05, 4.69) is 25.8 Å². The van der Waals surface area contributed by atoms with Crippen molar-refractivity contribution in [1.29, 1.82) is 0 Å². The second-order valence-corrected chi connectivity index (χ2v) is 6.10. The predicted molar refractivity (Wildman–Crippen MR) is 98.9 cm³/mol. The lowest BCUT2D eigenvalue weighted by Gasteiger charge is -2.10. The summed E-state index contributed by atoms with van der Waals surface area (Å²) >= 11 is 5.43. The minimum atomic E-state index is 0.558. The zero-order valence-electron chi connectivity index (χ0n) is 13.9. The van der Waals surface area contributed by atoms with Crippen LogP contribution in [0.15, 0.2) is 48.5 Å². The molecule has 0 atom stereocenters. The van der Waals surface area contributed by atoms with Crippen LogP contribution in [0.5, 0.6) is 5.75 Å². The average molecular weight is 351 g/mol. The molecule has 0 amide bonds. The minimum absolute atomic E-state index is 0.558. The van der Waals surface area contributed by atoms with E-state index in [1.807, 2.05) is 54.0 Å². The van der Waals surface area contributed by atoms with Crippen molar-refractivity contribution in [2.45, 2.75) is 13.5 Å². The molecule has 7 heteroatoms. The number of hydrogen-bond donors (Lipinski definition) is 1. The van der Waals surface area contributed by atoms with Crippen molar-refractivity contribution in [3.8, 4) is 11.4 Å². The van der Waals surface area contributed by atoms with E-state index in [0.717, 1.165) is 34.1 Å². The molecular formula is C18H17N5OS. The first-order chi connectivity index (χ1) is 12.2. The summed E-state index contributed by atoms with van der Waals surface area (Å²) in [5.74, 6) is 2.56. The van der Waals surface area contributed by atoms with Gasteiger partial charge in [0.1, 0.15) is 11.6 Å². The van der Waals surface area contributed by atoms with Gasteiger partial charge in [0, 0.05) is 5.69 Å². The highest BCUT2D eigenvalue weighted by Crippen LogP contribution is 2.20. The molecule has 6 nitrogen and oxygen atoms in total. The van der Waals surface area contributed by atoms with Crippen LogP contribution in [0.25, 0.3) is 16.7 Å². The predicted octanol–water partition coefficient (Wildman–Crippen LogP) is 3.64. The highest BCUT2D eigenvalue weighted by atomic mass is 32.1. The Labute approximate surface area is 149 Å². The number of benzene rings is 2. The second kappa shape index (κ2) is 6.18. The van der Waals surface area contributed by atoms with E-state index in [1.165, 1.54) is 0 Å². The van der Waals surface area contributed by atoms with Crippen molar-refractivity contribution in [3.63, 3.8) is 0 Å². The Hall–Kier alpha value is -2.93. The molecule has 0 fully saturated rings. The molecule has 2 aromatic carbocycles. The Bertz CT molecular complexity index is 1090. The zero-order valence-corrected chi connectivity index (χ0v) is 14.7. The van der Waals surface area contributed by atoms with Gasteiger partial charge < -0.3 is 9.30 Å². The van der Waals surface area contributed by atoms with Crippen molar-refractivity contribution in [2.24, 2.45) is 0 Å². The third-order valence-electron chi connectivity index (χ3n) is 4.22. The van der Waals surface area contributed by atoms with Gasteiger partial charge in [-0.2, -0.15) is 5.10 Å². The van der Waals surface area contributed by atoms with E-state index in [4.69, 9.17) is 17.0 Å². The van der Waals surface area contributed by atoms with Gasteiger partial charge in [-0.25, -0.2) is 4.98 Å². The van der Waals surface area contributed by atoms with Gasteiger partial charge >= 0.3 is 0 Å². The van der Waals surface area contributed by atoms with Gasteiger partial charge in [0.15, 0.2) is 10.6 Å². The number of imidazole rings is 1. The van der Waals surface area contributed by atoms with Gasteiger partial charge in [-0.3, -0.25) is 9.67 Å². The number of hydrogen-bond acceptors (Lipinski definition) is 4. The SMILES string of the molecule is COc1ccc(-n2c(Cn3c(C)nc4ccccc43)n[nH]c2=S)cc1. The molecular weight excluding hydrogens is 334 g/mol. The smallest absolute Gasteiger partial charge is 0.199 e. The largest absolute Gasteiger partial charge is 0.497 e. The van der Waals surface area contributed by atoms with Gasteiger partial charge in [0.05, 0.1) is 24.7 Å². The van der Waals surface area contributed by atoms with Crippen molar-refractivity contribution < 1.29 is 4.74 Å². The first-order valence-electron chi connectivity index (χ1n) is 7.90. The lowest BCUT2D eigenvalue weighted by molar-refractivity contribution is 0.414. The standard InChI is InChI=1S/C18H17N5OS/c1-12-19-15-5-3-4-6-16(15)22(12)11-17-20-21-18(25)23(17)13-7-9-14(24-2)10-8-13/h3-10H,11H2,1-2H3,(H,21,25). The number of ether oxygens (including phenoxy) is 1. The first-order valence-corrected chi connectivity index (χ1v) is 8.31. The Morgan fingerprint density at radius 3 is 2.64 bits per heavy atom. The van der Waals surface area contributed by atoms with Gasteiger partial charge in [0.2, 0.25) is 0 Å². The number of aryl methyl sites for hydroxylation is 1. The fourth-order valence-electron chi connectivity index (χ4n) is 2.97. The number of nitrogens with one attached hydrogen (secondary N) is 1. The summed E-state index contributed by atoms with van der Waals surface area (Å²) < 4.78 is 9.86. The molecule has 0 unspecified atom stereocenters. The van der Waals surface area contributed by atoms with Crippen LogP contribution in [-0.2, 0) is 6.54 Å². The first kappa shape index (κ1) is 15.6. The average Bonchev–Trinajstić information content (AvgIpc) is 3.15. The van der Waals surface area contributed by atoms with Crippen LogP contribution < -0.4 is 4.74 Å². The topological polar surface area (TPSA) is 60.7 Å². The summed E-state index contributed by atoms with van der Waals surface area (Å²) in [6.45, 7) is 2.57. The number of H-pyrrole nitrogens is 1. The molecule has 0 aliphatic carbocycles. The van der Waals surface area contributed by atoms with Crippen LogP contribution in [0.2, 0.25) is 0 Å². The van der Waals surface area contributed by atoms with Crippen LogP contribution >= 0.6 is 12.2 Å². The molecule has 0 aliphatic heterocycles. The van der Waals surface area contributed by atoms with E-state index < -0.39 is 0 Å². The summed E-state index contributed by atoms with van der Waals surface area (Å²) in [5.41, 5.74) is 3.00. The van der Waals surface area contributed by atoms with Crippen LogP contribution in [0, 0.1) is 11.7 Å². The molecule has 4 aromatic rings. The molecule has 2 aromatic heterocycles. The fraction of sp³-hybridized carbons (Fsp3) is 0.167. The van der Waals surface area contributed by atoms with E-state index in [-0.39, 0.29) is 0 Å². The highest BCUT2D eigenvalue weighted by Gasteiger charge is 2.13. The zero-order chi connectivity index (χ0) is 17.4. The number of para-hydroxylation sites is 2. The van der Waals surface area contributed by atoms with Crippen molar-refractivity contribution in [2.75, 3.05) is 7.11 Å². The van der Waals surface area contributed by atoms with Crippen molar-refractivity contribution in [1.82, 2.24) is 24.3 Å². The van der Waals surface area contributed by atoms with Crippen LogP contribution in [-0.4, -0.2) is 31.4 Å². The maximum absolute atomic E-state index is 5.43. The van der Waals surface area contributed by atoms with E-state index >= 15 is 0 Å². The molecule has 0 saturated heterocycles. The quantitative estimate of drug-likeness (QED) is 0.570. The Balaban J connectivity index is 1.79. The van der Waals surface area contributed by atoms with E-state index in [1.54, 1.807) is 7.11 Å². The van der Waals surface area contributed by atoms with Crippen molar-refractivity contribution in [3.05, 3.63) is 65.0 Å². The van der Waals surface area contributed by atoms with Gasteiger partial charge in [-0.1, -0.05) is 12.1 Å².